The molecule has 0 bridgehead atoms. The molecule has 1 aliphatic rings. The predicted octanol–water partition coefficient (Wildman–Crippen LogP) is 6.42. The van der Waals surface area contributed by atoms with Crippen LogP contribution >= 0.6 is 11.6 Å². The van der Waals surface area contributed by atoms with Crippen LogP contribution in [0.25, 0.3) is 0 Å². The normalized spacial score (nSPS) is 22.9. The molecule has 4 heteroatoms. The monoisotopic (exact) mass is 408 g/mol. The van der Waals surface area contributed by atoms with Gasteiger partial charge in [0.25, 0.3) is 0 Å². The highest BCUT2D eigenvalue weighted by atomic mass is 35.5. The Kier molecular flexibility index (Phi) is 5.79. The van der Waals surface area contributed by atoms with Crippen LogP contribution in [0.1, 0.15) is 24.0 Å². The first kappa shape index (κ1) is 19.8. The number of hydrogen-bond donors (Lipinski definition) is 0. The van der Waals surface area contributed by atoms with Crippen molar-refractivity contribution in [2.75, 3.05) is 13.7 Å². The Labute approximate surface area is 177 Å². The van der Waals surface area contributed by atoms with Crippen LogP contribution in [0, 0.1) is 5.41 Å². The summed E-state index contributed by atoms with van der Waals surface area (Å²) in [5.74, 6) is 2.75. The van der Waals surface area contributed by atoms with E-state index in [0.29, 0.717) is 13.2 Å². The van der Waals surface area contributed by atoms with Crippen LogP contribution in [0.2, 0.25) is 0 Å². The van der Waals surface area contributed by atoms with Crippen molar-refractivity contribution in [2.24, 2.45) is 5.41 Å². The Bertz CT molecular complexity index is 959. The molecule has 1 fully saturated rings. The Morgan fingerprint density at radius 3 is 2.38 bits per heavy atom. The van der Waals surface area contributed by atoms with Crippen LogP contribution in [0.3, 0.4) is 0 Å². The fraction of sp³-hybridized carbons (Fsp3) is 0.280. The molecule has 0 amide bonds. The molecule has 3 aromatic carbocycles. The molecular formula is C25H25ClO3. The number of rotatable bonds is 8. The SMILES string of the molecule is COc1cccc([C@H]2[C@@H](Cl)[C@]2(C)COCc2cccc(Oc3ccccc3)c2)c1. The molecule has 4 rings (SSSR count). The van der Waals surface area contributed by atoms with Crippen molar-refractivity contribution in [1.82, 2.24) is 0 Å². The molecule has 1 aliphatic carbocycles. The predicted molar refractivity (Wildman–Crippen MR) is 116 cm³/mol. The Morgan fingerprint density at radius 1 is 0.862 bits per heavy atom. The first-order valence-electron chi connectivity index (χ1n) is 9.78. The van der Waals surface area contributed by atoms with E-state index >= 15 is 0 Å². The van der Waals surface area contributed by atoms with Crippen molar-refractivity contribution in [2.45, 2.75) is 24.8 Å². The van der Waals surface area contributed by atoms with E-state index in [1.165, 1.54) is 5.56 Å². The van der Waals surface area contributed by atoms with Gasteiger partial charge in [-0.05, 0) is 47.5 Å². The van der Waals surface area contributed by atoms with Gasteiger partial charge in [0.05, 0.1) is 20.3 Å². The maximum absolute atomic E-state index is 6.65. The second-order valence-corrected chi connectivity index (χ2v) is 8.19. The van der Waals surface area contributed by atoms with Crippen molar-refractivity contribution >= 4 is 11.6 Å². The summed E-state index contributed by atoms with van der Waals surface area (Å²) < 4.78 is 17.3. The third-order valence-corrected chi connectivity index (χ3v) is 6.29. The number of para-hydroxylation sites is 1. The molecule has 3 atom stereocenters. The van der Waals surface area contributed by atoms with Crippen molar-refractivity contribution in [3.05, 3.63) is 90.0 Å². The molecule has 0 aromatic heterocycles. The minimum Gasteiger partial charge on any atom is -0.497 e. The van der Waals surface area contributed by atoms with Gasteiger partial charge >= 0.3 is 0 Å². The van der Waals surface area contributed by atoms with Crippen molar-refractivity contribution in [3.8, 4) is 17.2 Å². The van der Waals surface area contributed by atoms with E-state index in [4.69, 9.17) is 25.8 Å². The summed E-state index contributed by atoms with van der Waals surface area (Å²) in [5, 5.41) is 0.0577. The smallest absolute Gasteiger partial charge is 0.127 e. The topological polar surface area (TPSA) is 27.7 Å². The highest BCUT2D eigenvalue weighted by Gasteiger charge is 2.61. The van der Waals surface area contributed by atoms with E-state index < -0.39 is 0 Å². The molecule has 0 aliphatic heterocycles. The summed E-state index contributed by atoms with van der Waals surface area (Å²) in [4.78, 5) is 0. The first-order chi connectivity index (χ1) is 14.1. The molecule has 0 radical (unpaired) electrons. The van der Waals surface area contributed by atoms with E-state index in [1.54, 1.807) is 7.11 Å². The quantitative estimate of drug-likeness (QED) is 0.403. The second kappa shape index (κ2) is 8.48. The van der Waals surface area contributed by atoms with Gasteiger partial charge in [0.1, 0.15) is 17.2 Å². The number of halogens is 1. The van der Waals surface area contributed by atoms with Crippen LogP contribution < -0.4 is 9.47 Å². The van der Waals surface area contributed by atoms with Gasteiger partial charge in [-0.1, -0.05) is 49.4 Å². The number of ether oxygens (including phenoxy) is 3. The zero-order valence-corrected chi connectivity index (χ0v) is 17.4. The van der Waals surface area contributed by atoms with Crippen molar-refractivity contribution in [1.29, 1.82) is 0 Å². The molecular weight excluding hydrogens is 384 g/mol. The summed E-state index contributed by atoms with van der Waals surface area (Å²) in [6, 6.07) is 25.9. The Hall–Kier alpha value is -2.49. The summed E-state index contributed by atoms with van der Waals surface area (Å²) in [6.07, 6.45) is 0. The maximum atomic E-state index is 6.65. The van der Waals surface area contributed by atoms with E-state index in [9.17, 15) is 0 Å². The van der Waals surface area contributed by atoms with Crippen molar-refractivity contribution < 1.29 is 14.2 Å². The number of alkyl halides is 1. The fourth-order valence-electron chi connectivity index (χ4n) is 3.77. The average Bonchev–Trinajstić information content (AvgIpc) is 3.29. The Balaban J connectivity index is 1.35. The molecule has 150 valence electrons. The van der Waals surface area contributed by atoms with E-state index in [2.05, 4.69) is 19.1 Å². The molecule has 0 N–H and O–H groups in total. The molecule has 3 nitrogen and oxygen atoms in total. The summed E-state index contributed by atoms with van der Waals surface area (Å²) in [7, 11) is 1.68. The summed E-state index contributed by atoms with van der Waals surface area (Å²) >= 11 is 6.65. The van der Waals surface area contributed by atoms with Gasteiger partial charge in [0.2, 0.25) is 0 Å². The van der Waals surface area contributed by atoms with E-state index in [1.807, 2.05) is 66.7 Å². The van der Waals surface area contributed by atoms with E-state index in [0.717, 1.165) is 22.8 Å². The molecule has 0 saturated heterocycles. The highest BCUT2D eigenvalue weighted by molar-refractivity contribution is 6.24. The minimum atomic E-state index is -0.0773. The van der Waals surface area contributed by atoms with Gasteiger partial charge < -0.3 is 14.2 Å². The molecule has 0 unspecified atom stereocenters. The third-order valence-electron chi connectivity index (χ3n) is 5.54. The lowest BCUT2D eigenvalue weighted by Gasteiger charge is -2.13. The lowest BCUT2D eigenvalue weighted by atomic mass is 10.0. The van der Waals surface area contributed by atoms with Crippen LogP contribution in [0.4, 0.5) is 0 Å². The lowest BCUT2D eigenvalue weighted by molar-refractivity contribution is 0.0823. The number of methoxy groups -OCH3 is 1. The molecule has 3 aromatic rings. The zero-order chi connectivity index (χ0) is 20.3. The summed E-state index contributed by atoms with van der Waals surface area (Å²) in [5.41, 5.74) is 2.20. The molecule has 0 heterocycles. The van der Waals surface area contributed by atoms with Gasteiger partial charge in [-0.2, -0.15) is 0 Å². The van der Waals surface area contributed by atoms with Crippen LogP contribution in [-0.2, 0) is 11.3 Å². The van der Waals surface area contributed by atoms with Crippen LogP contribution in [-0.4, -0.2) is 19.1 Å². The maximum Gasteiger partial charge on any atom is 0.127 e. The Morgan fingerprint density at radius 2 is 1.59 bits per heavy atom. The number of benzene rings is 3. The lowest BCUT2D eigenvalue weighted by Crippen LogP contribution is -2.10. The number of hydrogen-bond acceptors (Lipinski definition) is 3. The first-order valence-corrected chi connectivity index (χ1v) is 10.2. The highest BCUT2D eigenvalue weighted by Crippen LogP contribution is 2.62. The van der Waals surface area contributed by atoms with Crippen molar-refractivity contribution in [3.63, 3.8) is 0 Å². The molecule has 0 spiro atoms. The van der Waals surface area contributed by atoms with Gasteiger partial charge in [0, 0.05) is 16.7 Å². The minimum absolute atomic E-state index is 0.0577. The standard InChI is InChI=1S/C25H25ClO3/c1-25(23(24(25)26)19-9-7-12-21(15-19)27-2)17-28-16-18-8-6-13-22(14-18)29-20-10-4-3-5-11-20/h3-15,23-24H,16-17H2,1-2H3/t23-,24+,25+/m0/s1. The van der Waals surface area contributed by atoms with Gasteiger partial charge in [-0.15, -0.1) is 11.6 Å². The molecule has 1 saturated carbocycles. The van der Waals surface area contributed by atoms with Crippen LogP contribution in [0.15, 0.2) is 78.9 Å². The van der Waals surface area contributed by atoms with Gasteiger partial charge in [0.15, 0.2) is 0 Å². The van der Waals surface area contributed by atoms with E-state index in [-0.39, 0.29) is 16.7 Å². The van der Waals surface area contributed by atoms with Gasteiger partial charge in [-0.25, -0.2) is 0 Å². The largest absolute Gasteiger partial charge is 0.497 e. The van der Waals surface area contributed by atoms with Gasteiger partial charge in [-0.3, -0.25) is 0 Å². The second-order valence-electron chi connectivity index (χ2n) is 7.72. The average molecular weight is 409 g/mol. The molecule has 29 heavy (non-hydrogen) atoms. The zero-order valence-electron chi connectivity index (χ0n) is 16.7. The fourth-order valence-corrected chi connectivity index (χ4v) is 4.33. The third kappa shape index (κ3) is 4.42. The van der Waals surface area contributed by atoms with Crippen LogP contribution in [0.5, 0.6) is 17.2 Å². The summed E-state index contributed by atoms with van der Waals surface area (Å²) in [6.45, 7) is 3.31.